The highest BCUT2D eigenvalue weighted by atomic mass is 16.5. The lowest BCUT2D eigenvalue weighted by Crippen LogP contribution is -2.46. The molecule has 2 aliphatic rings. The maximum atomic E-state index is 12.2. The van der Waals surface area contributed by atoms with Crippen LogP contribution in [0.1, 0.15) is 51.9 Å². The molecule has 0 aromatic carbocycles. The van der Waals surface area contributed by atoms with Gasteiger partial charge in [-0.3, -0.25) is 4.79 Å². The molecule has 2 rings (SSSR count). The van der Waals surface area contributed by atoms with Crippen molar-refractivity contribution in [3.63, 3.8) is 0 Å². The molecule has 0 spiro atoms. The molecule has 1 heterocycles. The van der Waals surface area contributed by atoms with Crippen molar-refractivity contribution in [2.75, 3.05) is 33.3 Å². The Labute approximate surface area is 145 Å². The number of likely N-dealkylation sites (tertiary alicyclic amines) is 1. The van der Waals surface area contributed by atoms with Gasteiger partial charge in [-0.2, -0.15) is 0 Å². The average Bonchev–Trinajstić information content (AvgIpc) is 2.60. The summed E-state index contributed by atoms with van der Waals surface area (Å²) in [7, 11) is 1.67. The zero-order valence-corrected chi connectivity index (χ0v) is 15.2. The number of nitrogens with one attached hydrogen (secondary N) is 2. The zero-order chi connectivity index (χ0) is 17.4. The number of hydrogen-bond donors (Lipinski definition) is 2. The summed E-state index contributed by atoms with van der Waals surface area (Å²) in [5.74, 6) is 1.12. The molecule has 0 aromatic rings. The molecule has 2 fully saturated rings. The summed E-state index contributed by atoms with van der Waals surface area (Å²) >= 11 is 0. The first-order valence-electron chi connectivity index (χ1n) is 9.45. The molecule has 24 heavy (non-hydrogen) atoms. The van der Waals surface area contributed by atoms with Crippen LogP contribution in [0.15, 0.2) is 0 Å². The zero-order valence-electron chi connectivity index (χ0n) is 15.2. The van der Waals surface area contributed by atoms with Gasteiger partial charge in [0.15, 0.2) is 0 Å². The van der Waals surface area contributed by atoms with Gasteiger partial charge in [-0.25, -0.2) is 4.79 Å². The van der Waals surface area contributed by atoms with E-state index in [0.29, 0.717) is 37.5 Å². The van der Waals surface area contributed by atoms with Gasteiger partial charge in [0.1, 0.15) is 0 Å². The highest BCUT2D eigenvalue weighted by molar-refractivity contribution is 5.76. The smallest absolute Gasteiger partial charge is 0.317 e. The minimum atomic E-state index is -0.00585. The lowest BCUT2D eigenvalue weighted by atomic mass is 9.88. The largest absolute Gasteiger partial charge is 0.376 e. The summed E-state index contributed by atoms with van der Waals surface area (Å²) in [4.78, 5) is 25.4. The number of piperidine rings is 1. The summed E-state index contributed by atoms with van der Waals surface area (Å²) < 4.78 is 5.93. The van der Waals surface area contributed by atoms with Crippen molar-refractivity contribution < 1.29 is 14.3 Å². The second-order valence-electron chi connectivity index (χ2n) is 7.21. The minimum Gasteiger partial charge on any atom is -0.376 e. The average molecular weight is 339 g/mol. The Morgan fingerprint density at radius 3 is 2.50 bits per heavy atom. The second kappa shape index (κ2) is 9.87. The summed E-state index contributed by atoms with van der Waals surface area (Å²) in [6.07, 6.45) is 7.69. The number of amides is 3. The third kappa shape index (κ3) is 5.96. The maximum Gasteiger partial charge on any atom is 0.317 e. The van der Waals surface area contributed by atoms with Gasteiger partial charge < -0.3 is 20.3 Å². The van der Waals surface area contributed by atoms with E-state index in [1.54, 1.807) is 7.05 Å². The topological polar surface area (TPSA) is 70.7 Å². The number of carbonyl (C=O) groups excluding carboxylic acids is 2. The molecule has 0 aromatic heterocycles. The number of carbonyl (C=O) groups is 2. The molecule has 0 unspecified atom stereocenters. The highest BCUT2D eigenvalue weighted by Crippen LogP contribution is 2.26. The molecule has 3 amide bonds. The van der Waals surface area contributed by atoms with E-state index < -0.39 is 0 Å². The predicted molar refractivity (Wildman–Crippen MR) is 93.8 cm³/mol. The van der Waals surface area contributed by atoms with Gasteiger partial charge >= 0.3 is 6.03 Å². The van der Waals surface area contributed by atoms with Crippen LogP contribution in [-0.2, 0) is 9.53 Å². The summed E-state index contributed by atoms with van der Waals surface area (Å²) in [6.45, 7) is 4.88. The third-order valence-electron chi connectivity index (χ3n) is 5.40. The van der Waals surface area contributed by atoms with E-state index in [1.807, 2.05) is 4.90 Å². The van der Waals surface area contributed by atoms with Gasteiger partial charge in [-0.1, -0.05) is 19.8 Å². The number of ether oxygens (including phenoxy) is 1. The maximum absolute atomic E-state index is 12.2. The summed E-state index contributed by atoms with van der Waals surface area (Å²) in [6, 6.07) is -0.00585. The second-order valence-corrected chi connectivity index (χ2v) is 7.21. The molecule has 1 aliphatic carbocycles. The number of nitrogens with zero attached hydrogens (tertiary/aromatic N) is 1. The van der Waals surface area contributed by atoms with Gasteiger partial charge in [0.25, 0.3) is 0 Å². The quantitative estimate of drug-likeness (QED) is 0.728. The Bertz CT molecular complexity index is 408. The van der Waals surface area contributed by atoms with Crippen LogP contribution < -0.4 is 10.6 Å². The Kier molecular flexibility index (Phi) is 7.82. The van der Waals surface area contributed by atoms with Crippen molar-refractivity contribution in [2.45, 2.75) is 58.0 Å². The van der Waals surface area contributed by atoms with Crippen molar-refractivity contribution in [1.82, 2.24) is 15.5 Å². The van der Waals surface area contributed by atoms with Crippen LogP contribution in [0.3, 0.4) is 0 Å². The molecule has 0 radical (unpaired) electrons. The van der Waals surface area contributed by atoms with Crippen molar-refractivity contribution in [2.24, 2.45) is 11.8 Å². The molecular formula is C18H33N3O3. The van der Waals surface area contributed by atoms with Crippen molar-refractivity contribution in [3.8, 4) is 0 Å². The molecule has 1 saturated carbocycles. The van der Waals surface area contributed by atoms with Crippen LogP contribution in [0, 0.1) is 11.8 Å². The van der Waals surface area contributed by atoms with E-state index in [4.69, 9.17) is 4.74 Å². The van der Waals surface area contributed by atoms with Gasteiger partial charge in [-0.05, 0) is 37.5 Å². The Morgan fingerprint density at radius 1 is 1.12 bits per heavy atom. The van der Waals surface area contributed by atoms with Crippen LogP contribution >= 0.6 is 0 Å². The fraction of sp³-hybridized carbons (Fsp3) is 0.889. The fourth-order valence-electron chi connectivity index (χ4n) is 3.71. The third-order valence-corrected chi connectivity index (χ3v) is 5.40. The van der Waals surface area contributed by atoms with Crippen LogP contribution in [-0.4, -0.2) is 56.2 Å². The lowest BCUT2D eigenvalue weighted by molar-refractivity contribution is -0.121. The van der Waals surface area contributed by atoms with E-state index >= 15 is 0 Å². The monoisotopic (exact) mass is 339 g/mol. The lowest BCUT2D eigenvalue weighted by Gasteiger charge is -2.32. The molecular weight excluding hydrogens is 306 g/mol. The molecule has 138 valence electrons. The Hall–Kier alpha value is -1.30. The number of hydrogen-bond acceptors (Lipinski definition) is 3. The van der Waals surface area contributed by atoms with E-state index in [0.717, 1.165) is 32.4 Å². The van der Waals surface area contributed by atoms with E-state index in [9.17, 15) is 9.59 Å². The predicted octanol–water partition coefficient (Wildman–Crippen LogP) is 2.14. The Morgan fingerprint density at radius 2 is 1.83 bits per heavy atom. The number of rotatable bonds is 6. The molecule has 0 bridgehead atoms. The first kappa shape index (κ1) is 19.0. The first-order valence-corrected chi connectivity index (χ1v) is 9.45. The SMILES string of the molecule is CNC(=O)CC1CCN(C(=O)NCCO[C@H]2CCCC[C@@H]2C)CC1. The van der Waals surface area contributed by atoms with Gasteiger partial charge in [0, 0.05) is 33.1 Å². The van der Waals surface area contributed by atoms with Crippen LogP contribution in [0.5, 0.6) is 0 Å². The molecule has 2 atom stereocenters. The number of urea groups is 1. The van der Waals surface area contributed by atoms with Gasteiger partial charge in [0.05, 0.1) is 12.7 Å². The van der Waals surface area contributed by atoms with Crippen LogP contribution in [0.2, 0.25) is 0 Å². The molecule has 1 saturated heterocycles. The minimum absolute atomic E-state index is 0.00585. The van der Waals surface area contributed by atoms with E-state index in [2.05, 4.69) is 17.6 Å². The van der Waals surface area contributed by atoms with Crippen LogP contribution in [0.25, 0.3) is 0 Å². The summed E-state index contributed by atoms with van der Waals surface area (Å²) in [5.41, 5.74) is 0. The van der Waals surface area contributed by atoms with Crippen molar-refractivity contribution in [3.05, 3.63) is 0 Å². The highest BCUT2D eigenvalue weighted by Gasteiger charge is 2.24. The molecule has 1 aliphatic heterocycles. The van der Waals surface area contributed by atoms with E-state index in [-0.39, 0.29) is 11.9 Å². The Balaban J connectivity index is 1.57. The normalized spacial score (nSPS) is 25.3. The molecule has 6 heteroatoms. The van der Waals surface area contributed by atoms with Crippen LogP contribution in [0.4, 0.5) is 4.79 Å². The molecule has 6 nitrogen and oxygen atoms in total. The summed E-state index contributed by atoms with van der Waals surface area (Å²) in [5, 5.41) is 5.62. The molecule has 2 N–H and O–H groups in total. The van der Waals surface area contributed by atoms with Crippen molar-refractivity contribution in [1.29, 1.82) is 0 Å². The van der Waals surface area contributed by atoms with E-state index in [1.165, 1.54) is 19.3 Å². The first-order chi connectivity index (χ1) is 11.6. The standard InChI is InChI=1S/C18H33N3O3/c1-14-5-3-4-6-16(14)24-12-9-20-18(23)21-10-7-15(8-11-21)13-17(22)19-2/h14-16H,3-13H2,1-2H3,(H,19,22)(H,20,23)/t14-,16-/m0/s1. The van der Waals surface area contributed by atoms with Gasteiger partial charge in [0.2, 0.25) is 5.91 Å². The van der Waals surface area contributed by atoms with Gasteiger partial charge in [-0.15, -0.1) is 0 Å². The fourth-order valence-corrected chi connectivity index (χ4v) is 3.71. The van der Waals surface area contributed by atoms with Crippen molar-refractivity contribution >= 4 is 11.9 Å².